The zero-order valence-electron chi connectivity index (χ0n) is 12.7. The maximum absolute atomic E-state index is 12.5. The van der Waals surface area contributed by atoms with Gasteiger partial charge in [-0.3, -0.25) is 0 Å². The lowest BCUT2D eigenvalue weighted by molar-refractivity contribution is 0.0694. The number of amides is 1. The van der Waals surface area contributed by atoms with Crippen LogP contribution in [-0.4, -0.2) is 17.5 Å². The van der Waals surface area contributed by atoms with E-state index in [2.05, 4.69) is 6.07 Å². The molecule has 1 amide bonds. The molecule has 2 aliphatic rings. The van der Waals surface area contributed by atoms with Gasteiger partial charge in [0.2, 0.25) is 0 Å². The molecule has 23 heavy (non-hydrogen) atoms. The van der Waals surface area contributed by atoms with Crippen LogP contribution in [0.5, 0.6) is 0 Å². The predicted molar refractivity (Wildman–Crippen MR) is 89.5 cm³/mol. The van der Waals surface area contributed by atoms with Crippen LogP contribution < -0.4 is 0 Å². The van der Waals surface area contributed by atoms with Crippen molar-refractivity contribution in [1.29, 1.82) is 0 Å². The largest absolute Gasteiger partial charge is 0.445 e. The van der Waals surface area contributed by atoms with E-state index >= 15 is 0 Å². The molecule has 0 spiro atoms. The molecular formula is C19H18ClNO2. The van der Waals surface area contributed by atoms with Crippen LogP contribution in [-0.2, 0) is 11.3 Å². The second-order valence-corrected chi connectivity index (χ2v) is 6.68. The number of carbonyl (C=O) groups excluding carboxylic acids is 1. The molecule has 0 saturated carbocycles. The van der Waals surface area contributed by atoms with Crippen molar-refractivity contribution < 1.29 is 9.53 Å². The fourth-order valence-corrected chi connectivity index (χ4v) is 3.95. The molecule has 4 rings (SSSR count). The Hall–Kier alpha value is -2.00. The molecule has 3 nitrogen and oxygen atoms in total. The van der Waals surface area contributed by atoms with Gasteiger partial charge in [0.15, 0.2) is 0 Å². The highest BCUT2D eigenvalue weighted by atomic mass is 35.5. The van der Waals surface area contributed by atoms with Gasteiger partial charge in [-0.1, -0.05) is 48.0 Å². The van der Waals surface area contributed by atoms with Crippen LogP contribution in [0, 0.1) is 0 Å². The van der Waals surface area contributed by atoms with E-state index in [4.69, 9.17) is 16.3 Å². The molecule has 1 aliphatic carbocycles. The van der Waals surface area contributed by atoms with Gasteiger partial charge >= 0.3 is 6.09 Å². The van der Waals surface area contributed by atoms with E-state index in [9.17, 15) is 4.79 Å². The number of ether oxygens (including phenoxy) is 1. The number of halogens is 1. The summed E-state index contributed by atoms with van der Waals surface area (Å²) in [4.78, 5) is 14.4. The van der Waals surface area contributed by atoms with Crippen molar-refractivity contribution in [2.24, 2.45) is 0 Å². The fraction of sp³-hybridized carbons (Fsp3) is 0.316. The van der Waals surface area contributed by atoms with E-state index in [0.717, 1.165) is 30.0 Å². The van der Waals surface area contributed by atoms with Crippen LogP contribution in [0.2, 0.25) is 5.02 Å². The summed E-state index contributed by atoms with van der Waals surface area (Å²) in [5, 5.41) is 0.730. The fourth-order valence-electron chi connectivity index (χ4n) is 3.77. The average molecular weight is 328 g/mol. The summed E-state index contributed by atoms with van der Waals surface area (Å²) in [6.45, 7) is 1.06. The van der Waals surface area contributed by atoms with E-state index in [-0.39, 0.29) is 12.1 Å². The average Bonchev–Trinajstić information content (AvgIpc) is 2.86. The number of hydrogen-bond donors (Lipinski definition) is 0. The van der Waals surface area contributed by atoms with E-state index in [0.29, 0.717) is 12.5 Å². The third-order valence-corrected chi connectivity index (χ3v) is 5.12. The molecule has 4 heteroatoms. The molecule has 1 heterocycles. The predicted octanol–water partition coefficient (Wildman–Crippen LogP) is 4.91. The Kier molecular flexibility index (Phi) is 3.74. The normalized spacial score (nSPS) is 21.9. The summed E-state index contributed by atoms with van der Waals surface area (Å²) in [6.07, 6.45) is 1.74. The molecule has 0 aromatic heterocycles. The molecule has 0 unspecified atom stereocenters. The van der Waals surface area contributed by atoms with Crippen LogP contribution in [0.15, 0.2) is 48.5 Å². The standard InChI is InChI=1S/C19H18ClNO2/c20-15-6-7-16-14-8-9-21(18(10-14)17(16)11-15)19(22)23-12-13-4-2-1-3-5-13/h1-7,11,14,18H,8-10,12H2/t14-,18-/m1/s1. The number of likely N-dealkylation sites (tertiary alicyclic amines) is 1. The van der Waals surface area contributed by atoms with Crippen LogP contribution in [0.3, 0.4) is 0 Å². The van der Waals surface area contributed by atoms with E-state index in [1.54, 1.807) is 0 Å². The Morgan fingerprint density at radius 1 is 1.17 bits per heavy atom. The minimum Gasteiger partial charge on any atom is -0.445 e. The molecular weight excluding hydrogens is 310 g/mol. The lowest BCUT2D eigenvalue weighted by Gasteiger charge is -2.32. The molecule has 1 saturated heterocycles. The van der Waals surface area contributed by atoms with Crippen molar-refractivity contribution in [3.05, 3.63) is 70.2 Å². The van der Waals surface area contributed by atoms with Gasteiger partial charge in [0.1, 0.15) is 6.61 Å². The first-order valence-electron chi connectivity index (χ1n) is 7.99. The Morgan fingerprint density at radius 3 is 2.83 bits per heavy atom. The minimum absolute atomic E-state index is 0.103. The van der Waals surface area contributed by atoms with Crippen LogP contribution >= 0.6 is 11.6 Å². The van der Waals surface area contributed by atoms with Gasteiger partial charge in [-0.15, -0.1) is 0 Å². The van der Waals surface area contributed by atoms with Crippen molar-refractivity contribution in [3.63, 3.8) is 0 Å². The second kappa shape index (κ2) is 5.89. The lowest BCUT2D eigenvalue weighted by atomic mass is 9.96. The highest BCUT2D eigenvalue weighted by molar-refractivity contribution is 6.30. The van der Waals surface area contributed by atoms with E-state index in [1.807, 2.05) is 47.4 Å². The molecule has 1 fully saturated rings. The highest BCUT2D eigenvalue weighted by Crippen LogP contribution is 2.49. The first kappa shape index (κ1) is 14.6. The summed E-state index contributed by atoms with van der Waals surface area (Å²) < 4.78 is 5.52. The quantitative estimate of drug-likeness (QED) is 0.784. The van der Waals surface area contributed by atoms with Crippen molar-refractivity contribution >= 4 is 17.7 Å². The first-order valence-corrected chi connectivity index (χ1v) is 8.37. The zero-order chi connectivity index (χ0) is 15.8. The number of carbonyl (C=O) groups is 1. The number of benzene rings is 2. The van der Waals surface area contributed by atoms with Gasteiger partial charge in [0, 0.05) is 11.6 Å². The Labute approximate surface area is 140 Å². The molecule has 2 atom stereocenters. The van der Waals surface area contributed by atoms with Gasteiger partial charge in [0.05, 0.1) is 6.04 Å². The summed E-state index contributed by atoms with van der Waals surface area (Å²) in [5.74, 6) is 0.547. The number of piperidine rings is 1. The number of fused-ring (bicyclic) bond motifs is 5. The maximum Gasteiger partial charge on any atom is 0.410 e. The van der Waals surface area contributed by atoms with Crippen LogP contribution in [0.4, 0.5) is 4.79 Å². The SMILES string of the molecule is O=C(OCc1ccccc1)N1CC[C@@H]2C[C@@H]1c1cc(Cl)ccc12. The third kappa shape index (κ3) is 2.70. The topological polar surface area (TPSA) is 29.5 Å². The molecule has 2 aromatic carbocycles. The molecule has 2 bridgehead atoms. The minimum atomic E-state index is -0.231. The van der Waals surface area contributed by atoms with Crippen molar-refractivity contribution in [1.82, 2.24) is 4.90 Å². The smallest absolute Gasteiger partial charge is 0.410 e. The summed E-state index contributed by atoms with van der Waals surface area (Å²) in [7, 11) is 0. The highest BCUT2D eigenvalue weighted by Gasteiger charge is 2.41. The van der Waals surface area contributed by atoms with Gasteiger partial charge < -0.3 is 9.64 Å². The second-order valence-electron chi connectivity index (χ2n) is 6.24. The summed E-state index contributed by atoms with van der Waals surface area (Å²) in [5.41, 5.74) is 3.54. The third-order valence-electron chi connectivity index (χ3n) is 4.89. The van der Waals surface area contributed by atoms with Crippen LogP contribution in [0.1, 0.15) is 41.5 Å². The van der Waals surface area contributed by atoms with Crippen LogP contribution in [0.25, 0.3) is 0 Å². The van der Waals surface area contributed by atoms with E-state index < -0.39 is 0 Å². The zero-order valence-corrected chi connectivity index (χ0v) is 13.5. The maximum atomic E-state index is 12.5. The number of hydrogen-bond acceptors (Lipinski definition) is 2. The van der Waals surface area contributed by atoms with Crippen molar-refractivity contribution in [3.8, 4) is 0 Å². The Bertz CT molecular complexity index is 731. The van der Waals surface area contributed by atoms with Crippen molar-refractivity contribution in [2.45, 2.75) is 31.4 Å². The van der Waals surface area contributed by atoms with Gasteiger partial charge in [0.25, 0.3) is 0 Å². The molecule has 1 aliphatic heterocycles. The number of rotatable bonds is 2. The Morgan fingerprint density at radius 2 is 2.00 bits per heavy atom. The molecule has 0 radical (unpaired) electrons. The lowest BCUT2D eigenvalue weighted by Crippen LogP contribution is -2.37. The molecule has 2 aromatic rings. The van der Waals surface area contributed by atoms with Crippen molar-refractivity contribution in [2.75, 3.05) is 6.54 Å². The van der Waals surface area contributed by atoms with E-state index in [1.165, 1.54) is 11.1 Å². The summed E-state index contributed by atoms with van der Waals surface area (Å²) in [6, 6.07) is 15.9. The van der Waals surface area contributed by atoms with Gasteiger partial charge in [-0.2, -0.15) is 0 Å². The Balaban J connectivity index is 1.50. The summed E-state index contributed by atoms with van der Waals surface area (Å²) >= 11 is 6.15. The number of nitrogens with zero attached hydrogens (tertiary/aromatic N) is 1. The van der Waals surface area contributed by atoms with Gasteiger partial charge in [-0.05, 0) is 47.6 Å². The molecule has 118 valence electrons. The van der Waals surface area contributed by atoms with Gasteiger partial charge in [-0.25, -0.2) is 4.79 Å². The first-order chi connectivity index (χ1) is 11.2. The monoisotopic (exact) mass is 327 g/mol. The molecule has 0 N–H and O–H groups in total.